The molecule has 0 amide bonds. The molecule has 0 fully saturated rings. The van der Waals surface area contributed by atoms with Crippen molar-refractivity contribution in [3.05, 3.63) is 0 Å². The van der Waals surface area contributed by atoms with Crippen LogP contribution in [0, 0.1) is 0 Å². The maximum absolute atomic E-state index is 9.83. The van der Waals surface area contributed by atoms with Crippen molar-refractivity contribution in [2.24, 2.45) is 0 Å². The minimum Gasteiger partial charge on any atom is -0.550 e. The summed E-state index contributed by atoms with van der Waals surface area (Å²) in [4.78, 5) is 57.7. The average Bonchev–Trinajstić information content (AvgIpc) is 2.36. The van der Waals surface area contributed by atoms with Crippen molar-refractivity contribution in [3.8, 4) is 0 Å². The van der Waals surface area contributed by atoms with Crippen LogP contribution < -0.4 is 80.0 Å². The second-order valence-corrected chi connectivity index (χ2v) is 4.35. The van der Waals surface area contributed by atoms with Crippen molar-refractivity contribution in [1.29, 1.82) is 0 Å². The molecule has 0 saturated heterocycles. The topological polar surface area (TPSA) is 213 Å². The summed E-state index contributed by atoms with van der Waals surface area (Å²) >= 11 is 0. The molecule has 0 unspecified atom stereocenters. The predicted molar refractivity (Wildman–Crippen MR) is 83.7 cm³/mol. The number of nitrogens with one attached hydrogen (secondary N) is 2. The van der Waals surface area contributed by atoms with E-state index in [1.807, 2.05) is 0 Å². The first-order valence-electron chi connectivity index (χ1n) is 6.91. The number of carbonyl (C=O) groups is 6. The molecule has 0 aliphatic carbocycles. The Morgan fingerprint density at radius 2 is 0.893 bits per heavy atom. The molecule has 0 aliphatic rings. The second-order valence-electron chi connectivity index (χ2n) is 4.35. The normalized spacial score (nSPS) is 7.57. The number of carboxylic acids is 4. The van der Waals surface area contributed by atoms with Crippen LogP contribution in [0.25, 0.3) is 0 Å². The molecule has 14 heteroatoms. The van der Waals surface area contributed by atoms with E-state index in [0.717, 1.165) is 0 Å². The maximum Gasteiger partial charge on any atom is 1.00 e. The summed E-state index contributed by atoms with van der Waals surface area (Å²) in [5, 5.41) is 39.6. The van der Waals surface area contributed by atoms with Gasteiger partial charge in [0.15, 0.2) is 0 Å². The summed E-state index contributed by atoms with van der Waals surface area (Å²) in [6.45, 7) is 2.49. The van der Waals surface area contributed by atoms with Gasteiger partial charge in [0.05, 0.1) is 13.1 Å². The zero-order valence-corrected chi connectivity index (χ0v) is 21.0. The third-order valence-electron chi connectivity index (χ3n) is 1.44. The standard InChI is InChI=1S/2C4H6O3.2C3H7NO2.2Na/c2*1-3(5)2-4(6)7;2*1-4-2-3(5)6;;/h2*2H2,1H3,(H,6,7);2*4H,2H2,1H3,(H,5,6);;/q;;;;2*+1/p-2. The van der Waals surface area contributed by atoms with E-state index in [-0.39, 0.29) is 83.8 Å². The van der Waals surface area contributed by atoms with Crippen molar-refractivity contribution < 1.29 is 108 Å². The van der Waals surface area contributed by atoms with E-state index >= 15 is 0 Å². The minimum absolute atomic E-state index is 0. The number of ketones is 2. The van der Waals surface area contributed by atoms with Gasteiger partial charge in [-0.25, -0.2) is 0 Å². The quantitative estimate of drug-likeness (QED) is 0.210. The number of aliphatic carboxylic acids is 4. The number of carboxylic acid groups (broad SMARTS) is 4. The SMILES string of the molecule is CC(=O)CC(=O)[O-].CC(=O)CC(=O)[O-].CNCC(=O)O.CNCC(=O)O.[Na+].[Na+]. The van der Waals surface area contributed by atoms with Crippen LogP contribution in [0.5, 0.6) is 0 Å². The Bertz CT molecular complexity index is 407. The fourth-order valence-electron chi connectivity index (χ4n) is 0.709. The van der Waals surface area contributed by atoms with Crippen molar-refractivity contribution in [3.63, 3.8) is 0 Å². The van der Waals surface area contributed by atoms with Crippen LogP contribution in [0.3, 0.4) is 0 Å². The van der Waals surface area contributed by atoms with Crippen molar-refractivity contribution in [2.75, 3.05) is 27.2 Å². The molecule has 0 radical (unpaired) electrons. The summed E-state index contributed by atoms with van der Waals surface area (Å²) in [5.74, 6) is -5.02. The van der Waals surface area contributed by atoms with Crippen molar-refractivity contribution in [2.45, 2.75) is 26.7 Å². The van der Waals surface area contributed by atoms with Gasteiger partial charge < -0.3 is 40.6 Å². The fourth-order valence-corrected chi connectivity index (χ4v) is 0.709. The molecule has 0 atom stereocenters. The zero-order valence-electron chi connectivity index (χ0n) is 17.0. The Morgan fingerprint density at radius 3 is 0.893 bits per heavy atom. The van der Waals surface area contributed by atoms with Crippen molar-refractivity contribution >= 4 is 35.4 Å². The Labute approximate surface area is 207 Å². The summed E-state index contributed by atoms with van der Waals surface area (Å²) in [6.07, 6.45) is -0.944. The first kappa shape index (κ1) is 41.5. The van der Waals surface area contributed by atoms with Crippen LogP contribution >= 0.6 is 0 Å². The average molecular weight is 426 g/mol. The van der Waals surface area contributed by atoms with E-state index in [9.17, 15) is 39.0 Å². The van der Waals surface area contributed by atoms with Gasteiger partial charge in [-0.3, -0.25) is 19.2 Å². The van der Waals surface area contributed by atoms with E-state index in [1.54, 1.807) is 14.1 Å². The predicted octanol–water partition coefficient (Wildman–Crippen LogP) is -9.98. The second kappa shape index (κ2) is 30.9. The molecule has 0 aromatic carbocycles. The molecule has 152 valence electrons. The summed E-state index contributed by atoms with van der Waals surface area (Å²) in [7, 11) is 3.18. The van der Waals surface area contributed by atoms with Crippen LogP contribution in [-0.4, -0.2) is 72.8 Å². The molecular formula is C14H24N2Na2O10. The largest absolute Gasteiger partial charge is 1.00 e. The molecular weight excluding hydrogens is 402 g/mol. The number of rotatable bonds is 8. The van der Waals surface area contributed by atoms with E-state index in [4.69, 9.17) is 10.2 Å². The molecule has 0 bridgehead atoms. The third kappa shape index (κ3) is 84.8. The first-order valence-corrected chi connectivity index (χ1v) is 6.91. The van der Waals surface area contributed by atoms with Gasteiger partial charge >= 0.3 is 71.1 Å². The van der Waals surface area contributed by atoms with E-state index in [2.05, 4.69) is 10.6 Å². The van der Waals surface area contributed by atoms with Gasteiger partial charge in [0, 0.05) is 24.8 Å². The summed E-state index contributed by atoms with van der Waals surface area (Å²) in [6, 6.07) is 0. The van der Waals surface area contributed by atoms with E-state index in [1.165, 1.54) is 13.8 Å². The van der Waals surface area contributed by atoms with E-state index in [0.29, 0.717) is 0 Å². The Balaban J connectivity index is -0.0000000564. The number of likely N-dealkylation sites (N-methyl/N-ethyl adjacent to an activating group) is 2. The molecule has 0 aromatic rings. The molecule has 0 saturated carbocycles. The van der Waals surface area contributed by atoms with Crippen LogP contribution in [0.4, 0.5) is 0 Å². The molecule has 28 heavy (non-hydrogen) atoms. The fraction of sp³-hybridized carbons (Fsp3) is 0.571. The molecule has 0 heterocycles. The van der Waals surface area contributed by atoms with Gasteiger partial charge in [-0.2, -0.15) is 0 Å². The Kier molecular flexibility index (Phi) is 45.7. The third-order valence-corrected chi connectivity index (χ3v) is 1.44. The Hall–Kier alpha value is -0.860. The smallest absolute Gasteiger partial charge is 0.550 e. The number of Topliss-reactive ketones (excluding diaryl/α,β-unsaturated/α-hetero) is 2. The molecule has 4 N–H and O–H groups in total. The maximum atomic E-state index is 9.83. The molecule has 12 nitrogen and oxygen atoms in total. The van der Waals surface area contributed by atoms with Crippen LogP contribution in [-0.2, 0) is 28.8 Å². The monoisotopic (exact) mass is 426 g/mol. The number of hydrogen-bond acceptors (Lipinski definition) is 10. The first-order chi connectivity index (χ1) is 11.8. The summed E-state index contributed by atoms with van der Waals surface area (Å²) in [5.41, 5.74) is 0. The van der Waals surface area contributed by atoms with Gasteiger partial charge in [-0.05, 0) is 27.9 Å². The van der Waals surface area contributed by atoms with E-state index < -0.39 is 36.7 Å². The van der Waals surface area contributed by atoms with Crippen LogP contribution in [0.1, 0.15) is 26.7 Å². The van der Waals surface area contributed by atoms with Crippen LogP contribution in [0.2, 0.25) is 0 Å². The zero-order chi connectivity index (χ0) is 21.7. The van der Waals surface area contributed by atoms with Gasteiger partial charge in [0.2, 0.25) is 0 Å². The van der Waals surface area contributed by atoms with Crippen molar-refractivity contribution in [1.82, 2.24) is 10.6 Å². The van der Waals surface area contributed by atoms with Gasteiger partial charge in [-0.1, -0.05) is 0 Å². The molecule has 0 spiro atoms. The summed E-state index contributed by atoms with van der Waals surface area (Å²) < 4.78 is 0. The van der Waals surface area contributed by atoms with Crippen LogP contribution in [0.15, 0.2) is 0 Å². The number of hydrogen-bond donors (Lipinski definition) is 4. The molecule has 0 aliphatic heterocycles. The Morgan fingerprint density at radius 1 is 0.679 bits per heavy atom. The molecule has 0 rings (SSSR count). The van der Waals surface area contributed by atoms with Gasteiger partial charge in [-0.15, -0.1) is 0 Å². The van der Waals surface area contributed by atoms with Gasteiger partial charge in [0.25, 0.3) is 0 Å². The molecule has 0 aromatic heterocycles. The minimum atomic E-state index is -1.31. The number of carbonyl (C=O) groups excluding carboxylic acids is 4. The van der Waals surface area contributed by atoms with Gasteiger partial charge in [0.1, 0.15) is 11.6 Å².